The van der Waals surface area contributed by atoms with Gasteiger partial charge in [-0.15, -0.1) is 0 Å². The van der Waals surface area contributed by atoms with Gasteiger partial charge in [-0.2, -0.15) is 0 Å². The molecular weight excluding hydrogens is 332 g/mol. The third-order valence-corrected chi connectivity index (χ3v) is 3.89. The van der Waals surface area contributed by atoms with E-state index in [1.54, 1.807) is 6.07 Å². The van der Waals surface area contributed by atoms with E-state index >= 15 is 0 Å². The van der Waals surface area contributed by atoms with Gasteiger partial charge in [0.05, 0.1) is 42.0 Å². The molecule has 0 aliphatic carbocycles. The highest BCUT2D eigenvalue weighted by Gasteiger charge is 2.15. The third-order valence-electron chi connectivity index (χ3n) is 3.58. The Kier molecular flexibility index (Phi) is 4.90. The van der Waals surface area contributed by atoms with E-state index in [1.165, 1.54) is 12.4 Å². The second-order valence-corrected chi connectivity index (χ2v) is 5.46. The van der Waals surface area contributed by atoms with Crippen molar-refractivity contribution in [1.29, 1.82) is 0 Å². The Bertz CT molecular complexity index is 815. The summed E-state index contributed by atoms with van der Waals surface area (Å²) in [6.07, 6.45) is 2.77. The third kappa shape index (κ3) is 3.46. The Morgan fingerprint density at radius 1 is 1.33 bits per heavy atom. The van der Waals surface area contributed by atoms with Crippen molar-refractivity contribution in [2.75, 3.05) is 31.2 Å². The molecule has 24 heavy (non-hydrogen) atoms. The topological polar surface area (TPSA) is 104 Å². The van der Waals surface area contributed by atoms with Gasteiger partial charge in [-0.05, 0) is 22.8 Å². The van der Waals surface area contributed by atoms with Gasteiger partial charge in [0.25, 0.3) is 5.91 Å². The van der Waals surface area contributed by atoms with E-state index in [-0.39, 0.29) is 5.69 Å². The van der Waals surface area contributed by atoms with Gasteiger partial charge in [0.2, 0.25) is 0 Å². The summed E-state index contributed by atoms with van der Waals surface area (Å²) in [4.78, 5) is 24.4. The van der Waals surface area contributed by atoms with Crippen LogP contribution in [-0.2, 0) is 4.74 Å². The van der Waals surface area contributed by atoms with Gasteiger partial charge in [-0.3, -0.25) is 9.78 Å². The van der Waals surface area contributed by atoms with E-state index in [4.69, 9.17) is 21.9 Å². The standard InChI is InChI=1S/C15H13ClN6O2/c16-11-7-10(1-2-14(11)22-3-5-24-6-4-22)12-8-18-9-13(19-12)15(23)20-21-17/h1-2,7-9H,3-6H2. The molecule has 1 fully saturated rings. The van der Waals surface area contributed by atoms with Crippen molar-refractivity contribution >= 4 is 23.2 Å². The lowest BCUT2D eigenvalue weighted by molar-refractivity contribution is 0.0995. The van der Waals surface area contributed by atoms with Crippen molar-refractivity contribution in [2.24, 2.45) is 5.11 Å². The molecule has 0 radical (unpaired) electrons. The number of anilines is 1. The number of halogens is 1. The minimum absolute atomic E-state index is 0.0151. The molecule has 1 amide bonds. The number of aromatic nitrogens is 2. The summed E-state index contributed by atoms with van der Waals surface area (Å²) in [6, 6.07) is 5.55. The van der Waals surface area contributed by atoms with Gasteiger partial charge in [-0.25, -0.2) is 4.98 Å². The molecule has 0 unspecified atom stereocenters. The van der Waals surface area contributed by atoms with Crippen LogP contribution in [0.4, 0.5) is 5.69 Å². The van der Waals surface area contributed by atoms with Crippen LogP contribution in [0, 0.1) is 0 Å². The van der Waals surface area contributed by atoms with E-state index in [2.05, 4.69) is 24.9 Å². The minimum atomic E-state index is -0.775. The molecule has 9 heteroatoms. The number of amides is 1. The molecule has 1 saturated heterocycles. The first-order valence-electron chi connectivity index (χ1n) is 7.23. The first-order valence-corrected chi connectivity index (χ1v) is 7.61. The predicted octanol–water partition coefficient (Wildman–Crippen LogP) is 3.08. The molecule has 0 spiro atoms. The van der Waals surface area contributed by atoms with Crippen LogP contribution in [-0.4, -0.2) is 42.2 Å². The first-order chi connectivity index (χ1) is 11.7. The maximum absolute atomic E-state index is 11.6. The summed E-state index contributed by atoms with van der Waals surface area (Å²) in [7, 11) is 0. The van der Waals surface area contributed by atoms with Crippen molar-refractivity contribution < 1.29 is 9.53 Å². The summed E-state index contributed by atoms with van der Waals surface area (Å²) < 4.78 is 5.34. The molecular formula is C15H13ClN6O2. The number of hydrogen-bond acceptors (Lipinski definition) is 5. The highest BCUT2D eigenvalue weighted by Crippen LogP contribution is 2.31. The Labute approximate surface area is 142 Å². The van der Waals surface area contributed by atoms with Crippen LogP contribution in [0.2, 0.25) is 5.02 Å². The monoisotopic (exact) mass is 344 g/mol. The molecule has 0 atom stereocenters. The van der Waals surface area contributed by atoms with Crippen LogP contribution in [0.15, 0.2) is 35.7 Å². The van der Waals surface area contributed by atoms with Gasteiger partial charge in [0.1, 0.15) is 5.69 Å². The average molecular weight is 345 g/mol. The zero-order valence-corrected chi connectivity index (χ0v) is 13.3. The Morgan fingerprint density at radius 3 is 2.83 bits per heavy atom. The SMILES string of the molecule is [N-]=[N+]=NC(=O)c1cncc(-c2ccc(N3CCOCC3)c(Cl)c2)n1. The van der Waals surface area contributed by atoms with Gasteiger partial charge >= 0.3 is 0 Å². The summed E-state index contributed by atoms with van der Waals surface area (Å²) in [5.74, 6) is -0.775. The molecule has 1 aromatic carbocycles. The molecule has 0 N–H and O–H groups in total. The van der Waals surface area contributed by atoms with Crippen LogP contribution >= 0.6 is 11.6 Å². The predicted molar refractivity (Wildman–Crippen MR) is 89.0 cm³/mol. The van der Waals surface area contributed by atoms with Crippen molar-refractivity contribution in [1.82, 2.24) is 9.97 Å². The summed E-state index contributed by atoms with van der Waals surface area (Å²) in [5.41, 5.74) is 10.4. The molecule has 3 rings (SSSR count). The lowest BCUT2D eigenvalue weighted by Crippen LogP contribution is -2.36. The van der Waals surface area contributed by atoms with Gasteiger partial charge in [0, 0.05) is 23.6 Å². The fourth-order valence-electron chi connectivity index (χ4n) is 2.43. The number of ether oxygens (including phenoxy) is 1. The lowest BCUT2D eigenvalue weighted by Gasteiger charge is -2.29. The number of morpholine rings is 1. The normalized spacial score (nSPS) is 14.1. The Balaban J connectivity index is 1.90. The molecule has 2 heterocycles. The maximum Gasteiger partial charge on any atom is 0.269 e. The minimum Gasteiger partial charge on any atom is -0.378 e. The molecule has 122 valence electrons. The molecule has 2 aromatic rings. The van der Waals surface area contributed by atoms with Gasteiger partial charge in [0.15, 0.2) is 0 Å². The zero-order valence-electron chi connectivity index (χ0n) is 12.6. The van der Waals surface area contributed by atoms with Crippen molar-refractivity contribution in [3.63, 3.8) is 0 Å². The molecule has 1 aromatic heterocycles. The first kappa shape index (κ1) is 16.2. The second kappa shape index (κ2) is 7.27. The summed E-state index contributed by atoms with van der Waals surface area (Å²) in [5, 5.41) is 3.60. The number of hydrogen-bond donors (Lipinski definition) is 0. The molecule has 0 saturated carbocycles. The largest absolute Gasteiger partial charge is 0.378 e. The van der Waals surface area contributed by atoms with E-state index < -0.39 is 5.91 Å². The fourth-order valence-corrected chi connectivity index (χ4v) is 2.73. The van der Waals surface area contributed by atoms with E-state index in [1.807, 2.05) is 12.1 Å². The number of carbonyl (C=O) groups excluding carboxylic acids is 1. The van der Waals surface area contributed by atoms with Crippen LogP contribution in [0.5, 0.6) is 0 Å². The smallest absolute Gasteiger partial charge is 0.269 e. The summed E-state index contributed by atoms with van der Waals surface area (Å²) in [6.45, 7) is 2.92. The highest BCUT2D eigenvalue weighted by molar-refractivity contribution is 6.33. The quantitative estimate of drug-likeness (QED) is 0.483. The van der Waals surface area contributed by atoms with E-state index in [9.17, 15) is 4.79 Å². The van der Waals surface area contributed by atoms with E-state index in [0.717, 1.165) is 24.3 Å². The number of carbonyl (C=O) groups is 1. The Hall–Kier alpha value is -2.67. The lowest BCUT2D eigenvalue weighted by atomic mass is 10.1. The van der Waals surface area contributed by atoms with Crippen molar-refractivity contribution in [2.45, 2.75) is 0 Å². The number of rotatable bonds is 3. The molecule has 1 aliphatic heterocycles. The number of nitrogens with zero attached hydrogens (tertiary/aromatic N) is 6. The molecule has 8 nitrogen and oxygen atoms in total. The van der Waals surface area contributed by atoms with Crippen LogP contribution in [0.25, 0.3) is 21.7 Å². The number of azide groups is 1. The van der Waals surface area contributed by atoms with Crippen LogP contribution < -0.4 is 4.90 Å². The van der Waals surface area contributed by atoms with Crippen LogP contribution in [0.3, 0.4) is 0 Å². The molecule has 0 bridgehead atoms. The highest BCUT2D eigenvalue weighted by atomic mass is 35.5. The average Bonchev–Trinajstić information content (AvgIpc) is 2.62. The van der Waals surface area contributed by atoms with Crippen molar-refractivity contribution in [3.8, 4) is 11.3 Å². The number of benzene rings is 1. The Morgan fingerprint density at radius 2 is 2.12 bits per heavy atom. The maximum atomic E-state index is 11.6. The van der Waals surface area contributed by atoms with Crippen molar-refractivity contribution in [3.05, 3.63) is 51.8 Å². The van der Waals surface area contributed by atoms with Crippen LogP contribution in [0.1, 0.15) is 10.5 Å². The van der Waals surface area contributed by atoms with Gasteiger partial charge in [-0.1, -0.05) is 17.7 Å². The fraction of sp³-hybridized carbons (Fsp3) is 0.267. The van der Waals surface area contributed by atoms with E-state index in [0.29, 0.717) is 23.9 Å². The second-order valence-electron chi connectivity index (χ2n) is 5.05. The molecule has 1 aliphatic rings. The summed E-state index contributed by atoms with van der Waals surface area (Å²) >= 11 is 6.40. The zero-order chi connectivity index (χ0) is 16.9. The van der Waals surface area contributed by atoms with Gasteiger partial charge < -0.3 is 9.64 Å².